The van der Waals surface area contributed by atoms with E-state index < -0.39 is 0 Å². The van der Waals surface area contributed by atoms with Crippen LogP contribution in [0.5, 0.6) is 0 Å². The number of nitrogens with two attached hydrogens (primary N) is 1. The molecule has 15 heavy (non-hydrogen) atoms. The van der Waals surface area contributed by atoms with Gasteiger partial charge in [-0.15, -0.1) is 11.3 Å². The summed E-state index contributed by atoms with van der Waals surface area (Å²) in [6.07, 6.45) is 0. The number of anilines is 2. The first kappa shape index (κ1) is 10.2. The van der Waals surface area contributed by atoms with E-state index in [0.29, 0.717) is 17.5 Å². The van der Waals surface area contributed by atoms with Crippen LogP contribution in [-0.2, 0) is 6.54 Å². The first-order valence-electron chi connectivity index (χ1n) is 4.30. The van der Waals surface area contributed by atoms with E-state index in [1.54, 1.807) is 17.4 Å². The number of hydrogen-bond acceptors (Lipinski definition) is 5. The molecule has 0 atom stereocenters. The fourth-order valence-electron chi connectivity index (χ4n) is 1.12. The Morgan fingerprint density at radius 3 is 3.00 bits per heavy atom. The van der Waals surface area contributed by atoms with Crippen LogP contribution in [-0.4, -0.2) is 9.97 Å². The van der Waals surface area contributed by atoms with Gasteiger partial charge in [0.2, 0.25) is 5.95 Å². The number of nitrogen functional groups attached to an aromatic ring is 1. The first-order valence-corrected chi connectivity index (χ1v) is 5.56. The van der Waals surface area contributed by atoms with Crippen molar-refractivity contribution in [3.05, 3.63) is 33.6 Å². The molecule has 0 spiro atoms. The van der Waals surface area contributed by atoms with Crippen LogP contribution >= 0.6 is 22.9 Å². The van der Waals surface area contributed by atoms with Gasteiger partial charge in [0.1, 0.15) is 11.0 Å². The van der Waals surface area contributed by atoms with Gasteiger partial charge in [0, 0.05) is 10.9 Å². The minimum absolute atomic E-state index is 0.177. The van der Waals surface area contributed by atoms with Crippen LogP contribution in [0.25, 0.3) is 0 Å². The Balaban J connectivity index is 2.05. The normalized spacial score (nSPS) is 10.2. The topological polar surface area (TPSA) is 63.8 Å². The van der Waals surface area contributed by atoms with Gasteiger partial charge in [-0.05, 0) is 11.4 Å². The number of halogens is 1. The lowest BCUT2D eigenvalue weighted by atomic mass is 10.4. The van der Waals surface area contributed by atoms with Gasteiger partial charge in [-0.1, -0.05) is 17.7 Å². The maximum absolute atomic E-state index is 5.74. The quantitative estimate of drug-likeness (QED) is 0.809. The van der Waals surface area contributed by atoms with E-state index in [0.717, 1.165) is 0 Å². The van der Waals surface area contributed by atoms with Crippen LogP contribution in [0, 0.1) is 0 Å². The molecular weight excluding hydrogens is 232 g/mol. The summed E-state index contributed by atoms with van der Waals surface area (Å²) >= 11 is 7.42. The molecule has 2 aromatic rings. The smallest absolute Gasteiger partial charge is 0.223 e. The highest BCUT2D eigenvalue weighted by Gasteiger charge is 2.00. The highest BCUT2D eigenvalue weighted by Crippen LogP contribution is 2.15. The molecule has 0 saturated heterocycles. The molecule has 0 aliphatic heterocycles. The number of nitrogens with zero attached hydrogens (tertiary/aromatic N) is 2. The van der Waals surface area contributed by atoms with Crippen LogP contribution < -0.4 is 11.1 Å². The fourth-order valence-corrected chi connectivity index (χ4v) is 1.95. The minimum atomic E-state index is 0.177. The molecule has 0 aliphatic rings. The predicted octanol–water partition coefficient (Wildman–Crippen LogP) is 2.39. The summed E-state index contributed by atoms with van der Waals surface area (Å²) in [5.41, 5.74) is 5.46. The zero-order valence-corrected chi connectivity index (χ0v) is 9.35. The third-order valence-corrected chi connectivity index (χ3v) is 2.81. The average molecular weight is 241 g/mol. The van der Waals surface area contributed by atoms with Crippen molar-refractivity contribution in [1.29, 1.82) is 0 Å². The van der Waals surface area contributed by atoms with Crippen molar-refractivity contribution in [2.75, 3.05) is 11.1 Å². The number of rotatable bonds is 3. The highest BCUT2D eigenvalue weighted by molar-refractivity contribution is 7.09. The molecule has 0 unspecified atom stereocenters. The zero-order chi connectivity index (χ0) is 10.7. The van der Waals surface area contributed by atoms with Crippen molar-refractivity contribution in [3.63, 3.8) is 0 Å². The van der Waals surface area contributed by atoms with Crippen LogP contribution in [0.2, 0.25) is 5.15 Å². The molecule has 2 rings (SSSR count). The molecule has 3 N–H and O–H groups in total. The summed E-state index contributed by atoms with van der Waals surface area (Å²) in [4.78, 5) is 9.01. The molecular formula is C9H9ClN4S. The molecule has 0 aromatic carbocycles. The van der Waals surface area contributed by atoms with E-state index >= 15 is 0 Å². The van der Waals surface area contributed by atoms with Crippen LogP contribution in [0.4, 0.5) is 11.8 Å². The number of hydrogen-bond donors (Lipinski definition) is 2. The van der Waals surface area contributed by atoms with Crippen molar-refractivity contribution in [1.82, 2.24) is 9.97 Å². The van der Waals surface area contributed by atoms with Crippen molar-refractivity contribution in [3.8, 4) is 0 Å². The summed E-state index contributed by atoms with van der Waals surface area (Å²) in [5.74, 6) is 0.817. The standard InChI is InChI=1S/C9H9ClN4S/c10-7-4-8(14-9(11)13-7)12-5-6-2-1-3-15-6/h1-4H,5H2,(H3,11,12,13,14). The van der Waals surface area contributed by atoms with Gasteiger partial charge in [0.05, 0.1) is 6.54 Å². The molecule has 0 amide bonds. The lowest BCUT2D eigenvalue weighted by molar-refractivity contribution is 1.11. The van der Waals surface area contributed by atoms with E-state index in [1.807, 2.05) is 17.5 Å². The van der Waals surface area contributed by atoms with Gasteiger partial charge < -0.3 is 11.1 Å². The maximum Gasteiger partial charge on any atom is 0.223 e. The van der Waals surface area contributed by atoms with E-state index in [-0.39, 0.29) is 5.95 Å². The van der Waals surface area contributed by atoms with Gasteiger partial charge in [-0.25, -0.2) is 4.98 Å². The lowest BCUT2D eigenvalue weighted by Crippen LogP contribution is -2.03. The van der Waals surface area contributed by atoms with Gasteiger partial charge in [0.25, 0.3) is 0 Å². The van der Waals surface area contributed by atoms with Gasteiger partial charge in [0.15, 0.2) is 0 Å². The molecule has 2 heterocycles. The third kappa shape index (κ3) is 2.81. The molecule has 2 aromatic heterocycles. The summed E-state index contributed by atoms with van der Waals surface area (Å²) in [6.45, 7) is 0.713. The van der Waals surface area contributed by atoms with E-state index in [1.165, 1.54) is 4.88 Å². The van der Waals surface area contributed by atoms with Gasteiger partial charge >= 0.3 is 0 Å². The Morgan fingerprint density at radius 1 is 1.47 bits per heavy atom. The zero-order valence-electron chi connectivity index (χ0n) is 7.77. The van der Waals surface area contributed by atoms with Crippen molar-refractivity contribution >= 4 is 34.7 Å². The second kappa shape index (κ2) is 4.46. The Labute approximate surface area is 96.1 Å². The summed E-state index contributed by atoms with van der Waals surface area (Å²) in [5, 5.41) is 5.49. The molecule has 0 fully saturated rings. The second-order valence-corrected chi connectivity index (χ2v) is 4.29. The van der Waals surface area contributed by atoms with Gasteiger partial charge in [-0.2, -0.15) is 4.98 Å². The number of thiophene rings is 1. The third-order valence-electron chi connectivity index (χ3n) is 1.74. The fraction of sp³-hybridized carbons (Fsp3) is 0.111. The van der Waals surface area contributed by atoms with E-state index in [2.05, 4.69) is 15.3 Å². The second-order valence-electron chi connectivity index (χ2n) is 2.87. The maximum atomic E-state index is 5.74. The average Bonchev–Trinajstić information content (AvgIpc) is 2.65. The Hall–Kier alpha value is -1.33. The first-order chi connectivity index (χ1) is 7.24. The largest absolute Gasteiger partial charge is 0.368 e. The Kier molecular flexibility index (Phi) is 3.03. The predicted molar refractivity (Wildman–Crippen MR) is 63.1 cm³/mol. The Bertz CT molecular complexity index is 423. The van der Waals surface area contributed by atoms with Crippen molar-refractivity contribution in [2.45, 2.75) is 6.54 Å². The van der Waals surface area contributed by atoms with Crippen LogP contribution in [0.15, 0.2) is 23.6 Å². The molecule has 78 valence electrons. The molecule has 6 heteroatoms. The van der Waals surface area contributed by atoms with Crippen LogP contribution in [0.1, 0.15) is 4.88 Å². The van der Waals surface area contributed by atoms with Gasteiger partial charge in [-0.3, -0.25) is 0 Å². The lowest BCUT2D eigenvalue weighted by Gasteiger charge is -2.04. The Morgan fingerprint density at radius 2 is 2.33 bits per heavy atom. The van der Waals surface area contributed by atoms with E-state index in [9.17, 15) is 0 Å². The van der Waals surface area contributed by atoms with Crippen LogP contribution in [0.3, 0.4) is 0 Å². The minimum Gasteiger partial charge on any atom is -0.368 e. The number of aromatic nitrogens is 2. The van der Waals surface area contributed by atoms with Crippen molar-refractivity contribution in [2.24, 2.45) is 0 Å². The van der Waals surface area contributed by atoms with Crippen molar-refractivity contribution < 1.29 is 0 Å². The summed E-state index contributed by atoms with van der Waals surface area (Å²) in [6, 6.07) is 5.69. The number of nitrogens with one attached hydrogen (secondary N) is 1. The summed E-state index contributed by atoms with van der Waals surface area (Å²) in [7, 11) is 0. The molecule has 0 radical (unpaired) electrons. The highest BCUT2D eigenvalue weighted by atomic mass is 35.5. The SMILES string of the molecule is Nc1nc(Cl)cc(NCc2cccs2)n1. The molecule has 0 aliphatic carbocycles. The molecule has 4 nitrogen and oxygen atoms in total. The molecule has 0 saturated carbocycles. The molecule has 0 bridgehead atoms. The van der Waals surface area contributed by atoms with E-state index in [4.69, 9.17) is 17.3 Å². The summed E-state index contributed by atoms with van der Waals surface area (Å²) < 4.78 is 0. The monoisotopic (exact) mass is 240 g/mol.